The SMILES string of the molecule is O=C(Nc1ccccc1)c1c(NC(=O)[C@@H]2CC=CC[C@@H]2C(=O)O)sc2c1CCC2. The molecule has 1 aromatic carbocycles. The van der Waals surface area contributed by atoms with Gasteiger partial charge in [-0.25, -0.2) is 0 Å². The molecule has 0 spiro atoms. The van der Waals surface area contributed by atoms with Crippen molar-refractivity contribution in [3.63, 3.8) is 0 Å². The molecule has 6 nitrogen and oxygen atoms in total. The zero-order chi connectivity index (χ0) is 20.4. The second-order valence-electron chi connectivity index (χ2n) is 7.36. The number of aryl methyl sites for hydroxylation is 1. The van der Waals surface area contributed by atoms with E-state index in [2.05, 4.69) is 10.6 Å². The zero-order valence-corrected chi connectivity index (χ0v) is 16.6. The standard InChI is InChI=1S/C22H22N2O4S/c25-19(14-9-4-5-10-15(14)22(27)28)24-21-18(16-11-6-12-17(16)29-21)20(26)23-13-7-2-1-3-8-13/h1-5,7-8,14-15H,6,9-12H2,(H,23,26)(H,24,25)(H,27,28)/t14-,15+/m1/s1. The summed E-state index contributed by atoms with van der Waals surface area (Å²) < 4.78 is 0. The number of carboxylic acids is 1. The van der Waals surface area contributed by atoms with Crippen LogP contribution in [0.2, 0.25) is 0 Å². The first-order valence-corrected chi connectivity index (χ1v) is 10.6. The number of nitrogens with one attached hydrogen (secondary N) is 2. The number of carbonyl (C=O) groups excluding carboxylic acids is 2. The molecule has 2 aliphatic rings. The second-order valence-corrected chi connectivity index (χ2v) is 8.47. The van der Waals surface area contributed by atoms with Crippen LogP contribution >= 0.6 is 11.3 Å². The molecule has 0 saturated carbocycles. The van der Waals surface area contributed by atoms with Crippen LogP contribution in [-0.2, 0) is 22.4 Å². The first-order chi connectivity index (χ1) is 14.0. The number of carbonyl (C=O) groups is 3. The molecule has 3 N–H and O–H groups in total. The Kier molecular flexibility index (Phi) is 5.49. The van der Waals surface area contributed by atoms with E-state index >= 15 is 0 Å². The summed E-state index contributed by atoms with van der Waals surface area (Å²) in [6, 6.07) is 9.20. The van der Waals surface area contributed by atoms with Gasteiger partial charge in [-0.3, -0.25) is 14.4 Å². The molecule has 2 amide bonds. The van der Waals surface area contributed by atoms with Crippen molar-refractivity contribution < 1.29 is 19.5 Å². The van der Waals surface area contributed by atoms with Gasteiger partial charge in [-0.15, -0.1) is 11.3 Å². The average Bonchev–Trinajstić information content (AvgIpc) is 3.29. The minimum absolute atomic E-state index is 0.246. The molecular formula is C22H22N2O4S. The van der Waals surface area contributed by atoms with Gasteiger partial charge in [0.1, 0.15) is 5.00 Å². The van der Waals surface area contributed by atoms with E-state index in [1.807, 2.05) is 36.4 Å². The molecule has 4 rings (SSSR count). The number of amides is 2. The molecule has 150 valence electrons. The molecule has 7 heteroatoms. The van der Waals surface area contributed by atoms with Gasteiger partial charge < -0.3 is 15.7 Å². The maximum Gasteiger partial charge on any atom is 0.307 e. The summed E-state index contributed by atoms with van der Waals surface area (Å²) in [4.78, 5) is 38.6. The quantitative estimate of drug-likeness (QED) is 0.647. The van der Waals surface area contributed by atoms with Crippen molar-refractivity contribution in [3.05, 3.63) is 58.5 Å². The Morgan fingerprint density at radius 2 is 1.69 bits per heavy atom. The number of hydrogen-bond acceptors (Lipinski definition) is 4. The molecule has 0 bridgehead atoms. The van der Waals surface area contributed by atoms with Crippen molar-refractivity contribution in [2.24, 2.45) is 11.8 Å². The van der Waals surface area contributed by atoms with Gasteiger partial charge in [0.05, 0.1) is 17.4 Å². The Labute approximate surface area is 172 Å². The van der Waals surface area contributed by atoms with Crippen LogP contribution in [0.5, 0.6) is 0 Å². The molecule has 29 heavy (non-hydrogen) atoms. The van der Waals surface area contributed by atoms with Crippen molar-refractivity contribution in [2.45, 2.75) is 32.1 Å². The summed E-state index contributed by atoms with van der Waals surface area (Å²) in [6.45, 7) is 0. The van der Waals surface area contributed by atoms with Crippen LogP contribution in [0.4, 0.5) is 10.7 Å². The fourth-order valence-electron chi connectivity index (χ4n) is 4.03. The highest BCUT2D eigenvalue weighted by Gasteiger charge is 2.35. The lowest BCUT2D eigenvalue weighted by molar-refractivity contribution is -0.146. The minimum atomic E-state index is -0.967. The monoisotopic (exact) mass is 410 g/mol. The van der Waals surface area contributed by atoms with E-state index in [-0.39, 0.29) is 11.8 Å². The highest BCUT2D eigenvalue weighted by atomic mass is 32.1. The van der Waals surface area contributed by atoms with Gasteiger partial charge in [0.15, 0.2) is 0 Å². The molecule has 0 unspecified atom stereocenters. The first-order valence-electron chi connectivity index (χ1n) is 9.74. The van der Waals surface area contributed by atoms with Crippen LogP contribution < -0.4 is 10.6 Å². The Morgan fingerprint density at radius 1 is 0.966 bits per heavy atom. The molecule has 2 atom stereocenters. The van der Waals surface area contributed by atoms with Crippen LogP contribution in [0, 0.1) is 11.8 Å². The van der Waals surface area contributed by atoms with E-state index in [0.29, 0.717) is 29.1 Å². The molecule has 0 saturated heterocycles. The van der Waals surface area contributed by atoms with Crippen molar-refractivity contribution in [2.75, 3.05) is 10.6 Å². The fourth-order valence-corrected chi connectivity index (χ4v) is 5.32. The lowest BCUT2D eigenvalue weighted by Crippen LogP contribution is -2.35. The smallest absolute Gasteiger partial charge is 0.307 e. The topological polar surface area (TPSA) is 95.5 Å². The summed E-state index contributed by atoms with van der Waals surface area (Å²) in [6.07, 6.45) is 7.08. The average molecular weight is 410 g/mol. The number of fused-ring (bicyclic) bond motifs is 1. The van der Waals surface area contributed by atoms with Gasteiger partial charge in [-0.1, -0.05) is 30.4 Å². The van der Waals surface area contributed by atoms with Gasteiger partial charge in [0.2, 0.25) is 5.91 Å². The highest BCUT2D eigenvalue weighted by molar-refractivity contribution is 7.17. The summed E-state index contributed by atoms with van der Waals surface area (Å²) in [5, 5.41) is 15.8. The third-order valence-corrected chi connectivity index (χ3v) is 6.71. The van der Waals surface area contributed by atoms with Gasteiger partial charge in [-0.2, -0.15) is 0 Å². The normalized spacial score (nSPS) is 20.1. The number of para-hydroxylation sites is 1. The van der Waals surface area contributed by atoms with E-state index in [4.69, 9.17) is 0 Å². The molecule has 1 aromatic heterocycles. The summed E-state index contributed by atoms with van der Waals surface area (Å²) in [5.41, 5.74) is 2.20. The Bertz CT molecular complexity index is 980. The number of allylic oxidation sites excluding steroid dienone is 2. The minimum Gasteiger partial charge on any atom is -0.481 e. The zero-order valence-electron chi connectivity index (χ0n) is 15.8. The van der Waals surface area contributed by atoms with E-state index in [0.717, 1.165) is 29.7 Å². The number of aliphatic carboxylic acids is 1. The third-order valence-electron chi connectivity index (χ3n) is 5.50. The molecule has 2 aromatic rings. The van der Waals surface area contributed by atoms with Crippen LogP contribution in [0.25, 0.3) is 0 Å². The van der Waals surface area contributed by atoms with Crippen molar-refractivity contribution in [1.82, 2.24) is 0 Å². The number of rotatable bonds is 5. The van der Waals surface area contributed by atoms with E-state index < -0.39 is 17.8 Å². The third kappa shape index (κ3) is 3.96. The fraction of sp³-hybridized carbons (Fsp3) is 0.318. The first kappa shape index (κ1) is 19.4. The maximum absolute atomic E-state index is 13.0. The second kappa shape index (κ2) is 8.21. The predicted molar refractivity (Wildman–Crippen MR) is 112 cm³/mol. The molecule has 0 radical (unpaired) electrons. The number of carboxylic acid groups (broad SMARTS) is 1. The Morgan fingerprint density at radius 3 is 2.41 bits per heavy atom. The molecule has 1 heterocycles. The number of anilines is 2. The Balaban J connectivity index is 1.59. The summed E-state index contributed by atoms with van der Waals surface area (Å²) >= 11 is 1.43. The number of hydrogen-bond donors (Lipinski definition) is 3. The van der Waals surface area contributed by atoms with Crippen LogP contribution in [0.1, 0.15) is 40.1 Å². The highest BCUT2D eigenvalue weighted by Crippen LogP contribution is 2.40. The van der Waals surface area contributed by atoms with Crippen molar-refractivity contribution >= 4 is 39.8 Å². The van der Waals surface area contributed by atoms with E-state index in [1.165, 1.54) is 11.3 Å². The molecule has 0 aliphatic heterocycles. The van der Waals surface area contributed by atoms with Gasteiger partial charge in [-0.05, 0) is 49.8 Å². The number of benzene rings is 1. The predicted octanol–water partition coefficient (Wildman–Crippen LogP) is 4.09. The van der Waals surface area contributed by atoms with Gasteiger partial charge in [0, 0.05) is 10.6 Å². The van der Waals surface area contributed by atoms with E-state index in [1.54, 1.807) is 6.08 Å². The van der Waals surface area contributed by atoms with Gasteiger partial charge in [0.25, 0.3) is 5.91 Å². The van der Waals surface area contributed by atoms with Gasteiger partial charge >= 0.3 is 5.97 Å². The molecule has 2 aliphatic carbocycles. The van der Waals surface area contributed by atoms with Crippen LogP contribution in [0.3, 0.4) is 0 Å². The maximum atomic E-state index is 13.0. The van der Waals surface area contributed by atoms with E-state index in [9.17, 15) is 19.5 Å². The lowest BCUT2D eigenvalue weighted by atomic mass is 9.82. The van der Waals surface area contributed by atoms with Crippen molar-refractivity contribution in [1.29, 1.82) is 0 Å². The van der Waals surface area contributed by atoms with Crippen molar-refractivity contribution in [3.8, 4) is 0 Å². The Hall–Kier alpha value is -2.93. The molecular weight excluding hydrogens is 388 g/mol. The van der Waals surface area contributed by atoms with Crippen LogP contribution in [-0.4, -0.2) is 22.9 Å². The molecule has 0 fully saturated rings. The largest absolute Gasteiger partial charge is 0.481 e. The summed E-state index contributed by atoms with van der Waals surface area (Å²) in [7, 11) is 0. The summed E-state index contributed by atoms with van der Waals surface area (Å²) in [5.74, 6) is -2.93. The number of thiophene rings is 1. The lowest BCUT2D eigenvalue weighted by Gasteiger charge is -2.24. The van der Waals surface area contributed by atoms with Crippen LogP contribution in [0.15, 0.2) is 42.5 Å².